The van der Waals surface area contributed by atoms with Crippen LogP contribution in [-0.4, -0.2) is 30.8 Å². The molecule has 1 heterocycles. The molecule has 1 saturated heterocycles. The van der Waals surface area contributed by atoms with Gasteiger partial charge < -0.3 is 4.90 Å². The minimum Gasteiger partial charge on any atom is -0.305 e. The van der Waals surface area contributed by atoms with Crippen LogP contribution in [0.4, 0.5) is 0 Å². The zero-order valence-corrected chi connectivity index (χ0v) is 8.13. The Labute approximate surface area is 74.2 Å². The molecule has 1 aliphatic rings. The lowest BCUT2D eigenvalue weighted by Crippen LogP contribution is -2.32. The SMILES string of the molecule is CC(=O)/C=C1\CCN(C)CC1C. The van der Waals surface area contributed by atoms with Crippen LogP contribution in [0, 0.1) is 5.92 Å². The molecule has 12 heavy (non-hydrogen) atoms. The van der Waals surface area contributed by atoms with E-state index in [1.807, 2.05) is 0 Å². The zero-order chi connectivity index (χ0) is 9.14. The molecule has 0 aromatic carbocycles. The summed E-state index contributed by atoms with van der Waals surface area (Å²) in [5, 5.41) is 0. The van der Waals surface area contributed by atoms with E-state index in [4.69, 9.17) is 0 Å². The first-order valence-corrected chi connectivity index (χ1v) is 4.49. The van der Waals surface area contributed by atoms with Gasteiger partial charge in [0.1, 0.15) is 0 Å². The second-order valence-electron chi connectivity index (χ2n) is 3.74. The van der Waals surface area contributed by atoms with Gasteiger partial charge in [0.15, 0.2) is 5.78 Å². The number of ketones is 1. The molecule has 1 atom stereocenters. The fraction of sp³-hybridized carbons (Fsp3) is 0.700. The van der Waals surface area contributed by atoms with Crippen LogP contribution in [0.5, 0.6) is 0 Å². The Morgan fingerprint density at radius 3 is 2.83 bits per heavy atom. The molecule has 2 heteroatoms. The van der Waals surface area contributed by atoms with E-state index in [0.717, 1.165) is 19.5 Å². The third kappa shape index (κ3) is 2.45. The van der Waals surface area contributed by atoms with E-state index in [-0.39, 0.29) is 5.78 Å². The lowest BCUT2D eigenvalue weighted by atomic mass is 9.93. The summed E-state index contributed by atoms with van der Waals surface area (Å²) in [4.78, 5) is 13.2. The second kappa shape index (κ2) is 3.85. The van der Waals surface area contributed by atoms with Crippen molar-refractivity contribution in [3.63, 3.8) is 0 Å². The average Bonchev–Trinajstić information content (AvgIpc) is 1.94. The lowest BCUT2D eigenvalue weighted by molar-refractivity contribution is -0.112. The molecule has 68 valence electrons. The average molecular weight is 167 g/mol. The summed E-state index contributed by atoms with van der Waals surface area (Å²) in [6, 6.07) is 0. The molecule has 1 aliphatic heterocycles. The summed E-state index contributed by atoms with van der Waals surface area (Å²) >= 11 is 0. The Morgan fingerprint density at radius 2 is 2.33 bits per heavy atom. The van der Waals surface area contributed by atoms with Gasteiger partial charge in [-0.15, -0.1) is 0 Å². The third-order valence-corrected chi connectivity index (χ3v) is 2.39. The summed E-state index contributed by atoms with van der Waals surface area (Å²) in [6.45, 7) is 5.98. The molecular formula is C10H17NO. The summed E-state index contributed by atoms with van der Waals surface area (Å²) in [7, 11) is 2.13. The van der Waals surface area contributed by atoms with E-state index in [1.54, 1.807) is 13.0 Å². The number of piperidine rings is 1. The van der Waals surface area contributed by atoms with Crippen molar-refractivity contribution in [2.75, 3.05) is 20.1 Å². The molecule has 0 N–H and O–H groups in total. The fourth-order valence-corrected chi connectivity index (χ4v) is 1.72. The summed E-state index contributed by atoms with van der Waals surface area (Å²) in [5.41, 5.74) is 1.32. The number of likely N-dealkylation sites (tertiary alicyclic amines) is 1. The summed E-state index contributed by atoms with van der Waals surface area (Å²) < 4.78 is 0. The molecule has 0 saturated carbocycles. The van der Waals surface area contributed by atoms with Crippen LogP contribution >= 0.6 is 0 Å². The maximum absolute atomic E-state index is 10.8. The molecule has 0 bridgehead atoms. The Kier molecular flexibility index (Phi) is 3.04. The number of nitrogens with zero attached hydrogens (tertiary/aromatic N) is 1. The van der Waals surface area contributed by atoms with Crippen molar-refractivity contribution in [1.29, 1.82) is 0 Å². The number of carbonyl (C=O) groups excluding carboxylic acids is 1. The predicted octanol–water partition coefficient (Wildman–Crippen LogP) is 1.47. The van der Waals surface area contributed by atoms with E-state index in [0.29, 0.717) is 5.92 Å². The van der Waals surface area contributed by atoms with Gasteiger partial charge in [-0.25, -0.2) is 0 Å². The Hall–Kier alpha value is -0.630. The predicted molar refractivity (Wildman–Crippen MR) is 50.0 cm³/mol. The minimum atomic E-state index is 0.182. The van der Waals surface area contributed by atoms with Gasteiger partial charge in [0.2, 0.25) is 0 Å². The third-order valence-electron chi connectivity index (χ3n) is 2.39. The number of allylic oxidation sites excluding steroid dienone is 1. The quantitative estimate of drug-likeness (QED) is 0.551. The van der Waals surface area contributed by atoms with E-state index in [9.17, 15) is 4.79 Å². The molecule has 0 spiro atoms. The molecule has 0 aromatic rings. The van der Waals surface area contributed by atoms with E-state index in [1.165, 1.54) is 5.57 Å². The van der Waals surface area contributed by atoms with Crippen LogP contribution in [-0.2, 0) is 4.79 Å². The topological polar surface area (TPSA) is 20.3 Å². The number of hydrogen-bond donors (Lipinski definition) is 0. The number of carbonyl (C=O) groups is 1. The number of rotatable bonds is 1. The minimum absolute atomic E-state index is 0.182. The fourth-order valence-electron chi connectivity index (χ4n) is 1.72. The lowest BCUT2D eigenvalue weighted by Gasteiger charge is -2.29. The molecule has 0 amide bonds. The van der Waals surface area contributed by atoms with Gasteiger partial charge in [0.05, 0.1) is 0 Å². The van der Waals surface area contributed by atoms with Gasteiger partial charge in [-0.1, -0.05) is 12.5 Å². The van der Waals surface area contributed by atoms with Crippen LogP contribution in [0.2, 0.25) is 0 Å². The zero-order valence-electron chi connectivity index (χ0n) is 8.13. The highest BCUT2D eigenvalue weighted by Gasteiger charge is 2.17. The van der Waals surface area contributed by atoms with Crippen molar-refractivity contribution in [2.45, 2.75) is 20.3 Å². The molecule has 0 aliphatic carbocycles. The van der Waals surface area contributed by atoms with E-state index in [2.05, 4.69) is 18.9 Å². The first-order valence-electron chi connectivity index (χ1n) is 4.49. The summed E-state index contributed by atoms with van der Waals surface area (Å²) in [6.07, 6.45) is 2.86. The van der Waals surface area contributed by atoms with Crippen LogP contribution in [0.25, 0.3) is 0 Å². The Morgan fingerprint density at radius 1 is 1.67 bits per heavy atom. The largest absolute Gasteiger partial charge is 0.305 e. The van der Waals surface area contributed by atoms with Crippen LogP contribution in [0.15, 0.2) is 11.6 Å². The van der Waals surface area contributed by atoms with E-state index < -0.39 is 0 Å². The normalized spacial score (nSPS) is 29.2. The molecule has 0 radical (unpaired) electrons. The highest BCUT2D eigenvalue weighted by molar-refractivity contribution is 5.88. The molecule has 2 nitrogen and oxygen atoms in total. The van der Waals surface area contributed by atoms with Gasteiger partial charge in [0.25, 0.3) is 0 Å². The Bertz CT molecular complexity index is 208. The van der Waals surface area contributed by atoms with Crippen molar-refractivity contribution in [2.24, 2.45) is 5.92 Å². The van der Waals surface area contributed by atoms with Crippen molar-refractivity contribution in [1.82, 2.24) is 4.90 Å². The van der Waals surface area contributed by atoms with Crippen molar-refractivity contribution in [3.05, 3.63) is 11.6 Å². The van der Waals surface area contributed by atoms with Gasteiger partial charge in [0, 0.05) is 13.1 Å². The van der Waals surface area contributed by atoms with Gasteiger partial charge >= 0.3 is 0 Å². The number of hydrogen-bond acceptors (Lipinski definition) is 2. The molecule has 1 fully saturated rings. The first kappa shape index (κ1) is 9.46. The monoisotopic (exact) mass is 167 g/mol. The van der Waals surface area contributed by atoms with Gasteiger partial charge in [-0.2, -0.15) is 0 Å². The molecule has 0 aromatic heterocycles. The van der Waals surface area contributed by atoms with Crippen LogP contribution < -0.4 is 0 Å². The van der Waals surface area contributed by atoms with Crippen molar-refractivity contribution < 1.29 is 4.79 Å². The van der Waals surface area contributed by atoms with Gasteiger partial charge in [-0.05, 0) is 32.4 Å². The van der Waals surface area contributed by atoms with E-state index >= 15 is 0 Å². The van der Waals surface area contributed by atoms with Crippen LogP contribution in [0.1, 0.15) is 20.3 Å². The van der Waals surface area contributed by atoms with Crippen molar-refractivity contribution in [3.8, 4) is 0 Å². The second-order valence-corrected chi connectivity index (χ2v) is 3.74. The standard InChI is InChI=1S/C10H17NO/c1-8-7-11(3)5-4-10(8)6-9(2)12/h6,8H,4-5,7H2,1-3H3/b10-6+. The smallest absolute Gasteiger partial charge is 0.152 e. The maximum Gasteiger partial charge on any atom is 0.152 e. The molecule has 1 unspecified atom stereocenters. The van der Waals surface area contributed by atoms with Crippen LogP contribution in [0.3, 0.4) is 0 Å². The molecule has 1 rings (SSSR count). The highest BCUT2D eigenvalue weighted by atomic mass is 16.1. The van der Waals surface area contributed by atoms with Crippen molar-refractivity contribution >= 4 is 5.78 Å². The highest BCUT2D eigenvalue weighted by Crippen LogP contribution is 2.20. The summed E-state index contributed by atoms with van der Waals surface area (Å²) in [5.74, 6) is 0.731. The van der Waals surface area contributed by atoms with Gasteiger partial charge in [-0.3, -0.25) is 4.79 Å². The first-order chi connectivity index (χ1) is 5.59. The Balaban J connectivity index is 2.62. The maximum atomic E-state index is 10.8. The molecular weight excluding hydrogens is 150 g/mol.